The molecule has 62 heavy (non-hydrogen) atoms. The van der Waals surface area contributed by atoms with Gasteiger partial charge in [-0.1, -0.05) is 164 Å². The van der Waals surface area contributed by atoms with Crippen LogP contribution >= 0.6 is 0 Å². The molecule has 13 rings (SSSR count). The summed E-state index contributed by atoms with van der Waals surface area (Å²) >= 11 is 0. The SMILES string of the molecule is c1ccc(-c2nc(-c3ccccc3)nc(-c3cc(-n4c5ccccc5c5cc6c7c8ccccc8ccc7n(-c7ccc8ccccc8c7)c6cc54)c4ccccc4c3)n2)cc1. The molecule has 0 fully saturated rings. The van der Waals surface area contributed by atoms with E-state index in [0.29, 0.717) is 17.5 Å². The second-order valence-corrected chi connectivity index (χ2v) is 16.0. The summed E-state index contributed by atoms with van der Waals surface area (Å²) in [5.74, 6) is 1.89. The maximum absolute atomic E-state index is 5.18. The fourth-order valence-corrected chi connectivity index (χ4v) is 9.64. The highest BCUT2D eigenvalue weighted by Gasteiger charge is 2.22. The van der Waals surface area contributed by atoms with E-state index in [0.717, 1.165) is 55.4 Å². The molecule has 0 aliphatic carbocycles. The van der Waals surface area contributed by atoms with Crippen molar-refractivity contribution < 1.29 is 0 Å². The molecule has 0 aliphatic heterocycles. The molecule has 288 valence electrons. The Morgan fingerprint density at radius 1 is 0.274 bits per heavy atom. The molecule has 0 radical (unpaired) electrons. The molecule has 13 aromatic rings. The van der Waals surface area contributed by atoms with E-state index in [1.54, 1.807) is 0 Å². The number of rotatable bonds is 5. The van der Waals surface area contributed by atoms with Crippen LogP contribution in [0.5, 0.6) is 0 Å². The van der Waals surface area contributed by atoms with Crippen molar-refractivity contribution >= 4 is 75.9 Å². The second-order valence-electron chi connectivity index (χ2n) is 16.0. The summed E-state index contributed by atoms with van der Waals surface area (Å²) in [5, 5.41) is 12.0. The predicted molar refractivity (Wildman–Crippen MR) is 257 cm³/mol. The molecule has 0 aliphatic rings. The van der Waals surface area contributed by atoms with E-state index in [2.05, 4.69) is 185 Å². The molecule has 0 N–H and O–H groups in total. The normalized spacial score (nSPS) is 11.9. The van der Waals surface area contributed by atoms with Crippen LogP contribution in [0.25, 0.3) is 121 Å². The lowest BCUT2D eigenvalue weighted by Gasteiger charge is -2.15. The Bertz CT molecular complexity index is 3860. The maximum Gasteiger partial charge on any atom is 0.164 e. The molecule has 0 unspecified atom stereocenters. The minimum absolute atomic E-state index is 0.621. The average Bonchev–Trinajstić information content (AvgIpc) is 3.85. The molecule has 0 saturated carbocycles. The summed E-state index contributed by atoms with van der Waals surface area (Å²) in [6.45, 7) is 0. The minimum Gasteiger partial charge on any atom is -0.309 e. The number of benzene rings is 10. The first-order valence-corrected chi connectivity index (χ1v) is 21.0. The Kier molecular flexibility index (Phi) is 7.54. The Morgan fingerprint density at radius 2 is 0.839 bits per heavy atom. The van der Waals surface area contributed by atoms with Crippen LogP contribution in [-0.2, 0) is 0 Å². The second kappa shape index (κ2) is 13.6. The van der Waals surface area contributed by atoms with Gasteiger partial charge in [-0.2, -0.15) is 0 Å². The molecule has 0 amide bonds. The third-order valence-electron chi connectivity index (χ3n) is 12.5. The zero-order chi connectivity index (χ0) is 40.7. The first-order valence-electron chi connectivity index (χ1n) is 21.0. The van der Waals surface area contributed by atoms with Crippen LogP contribution in [0.2, 0.25) is 0 Å². The van der Waals surface area contributed by atoms with Gasteiger partial charge < -0.3 is 9.13 Å². The van der Waals surface area contributed by atoms with E-state index < -0.39 is 0 Å². The van der Waals surface area contributed by atoms with E-state index in [9.17, 15) is 0 Å². The molecule has 10 aromatic carbocycles. The lowest BCUT2D eigenvalue weighted by molar-refractivity contribution is 1.07. The third kappa shape index (κ3) is 5.32. The van der Waals surface area contributed by atoms with Gasteiger partial charge in [0.25, 0.3) is 0 Å². The van der Waals surface area contributed by atoms with Crippen LogP contribution in [0.4, 0.5) is 0 Å². The van der Waals surface area contributed by atoms with Gasteiger partial charge in [-0.25, -0.2) is 15.0 Å². The summed E-state index contributed by atoms with van der Waals surface area (Å²) < 4.78 is 4.91. The third-order valence-corrected chi connectivity index (χ3v) is 12.5. The summed E-state index contributed by atoms with van der Waals surface area (Å²) in [4.78, 5) is 15.4. The van der Waals surface area contributed by atoms with E-state index in [1.807, 2.05) is 36.4 Å². The van der Waals surface area contributed by atoms with Crippen molar-refractivity contribution in [1.29, 1.82) is 0 Å². The quantitative estimate of drug-likeness (QED) is 0.174. The Hall–Kier alpha value is -8.41. The van der Waals surface area contributed by atoms with Gasteiger partial charge in [0.15, 0.2) is 17.5 Å². The number of aromatic nitrogens is 5. The van der Waals surface area contributed by atoms with Crippen molar-refractivity contribution in [3.63, 3.8) is 0 Å². The fourth-order valence-electron chi connectivity index (χ4n) is 9.64. The minimum atomic E-state index is 0.621. The van der Waals surface area contributed by atoms with Crippen LogP contribution in [0.1, 0.15) is 0 Å². The number of hydrogen-bond acceptors (Lipinski definition) is 3. The van der Waals surface area contributed by atoms with Gasteiger partial charge in [0.2, 0.25) is 0 Å². The van der Waals surface area contributed by atoms with Crippen LogP contribution < -0.4 is 0 Å². The fraction of sp³-hybridized carbons (Fsp3) is 0. The molecule has 3 aromatic heterocycles. The van der Waals surface area contributed by atoms with Gasteiger partial charge in [-0.05, 0) is 75.5 Å². The number of hydrogen-bond donors (Lipinski definition) is 0. The number of fused-ring (bicyclic) bond motifs is 10. The van der Waals surface area contributed by atoms with E-state index in [4.69, 9.17) is 15.0 Å². The van der Waals surface area contributed by atoms with Crippen LogP contribution in [0, 0.1) is 0 Å². The van der Waals surface area contributed by atoms with Gasteiger partial charge in [0, 0.05) is 49.3 Å². The Labute approximate surface area is 356 Å². The van der Waals surface area contributed by atoms with Crippen LogP contribution in [-0.4, -0.2) is 24.1 Å². The highest BCUT2D eigenvalue weighted by Crippen LogP contribution is 2.43. The first kappa shape index (κ1) is 34.5. The van der Waals surface area contributed by atoms with E-state index in [-0.39, 0.29) is 0 Å². The summed E-state index contributed by atoms with van der Waals surface area (Å²) in [7, 11) is 0. The molecule has 5 nitrogen and oxygen atoms in total. The highest BCUT2D eigenvalue weighted by atomic mass is 15.0. The van der Waals surface area contributed by atoms with Crippen molar-refractivity contribution in [3.8, 4) is 45.5 Å². The van der Waals surface area contributed by atoms with Crippen molar-refractivity contribution in [3.05, 3.63) is 212 Å². The van der Waals surface area contributed by atoms with E-state index >= 15 is 0 Å². The Balaban J connectivity index is 1.13. The van der Waals surface area contributed by atoms with Crippen LogP contribution in [0.3, 0.4) is 0 Å². The molecule has 3 heterocycles. The molecule has 5 heteroatoms. The number of nitrogens with zero attached hydrogens (tertiary/aromatic N) is 5. The standard InChI is InChI=1S/C57H35N5/c1-3-17-38(18-4-1)55-58-56(39-19-5-2-6-20-39)60-57(59-55)42-31-41-22-10-11-23-44(41)51(33-42)62-49-26-14-13-25-46(49)47-34-48-53(35-52(47)62)61(43-29-27-36-15-7-8-21-40(36)32-43)50-30-28-37-16-9-12-24-45(37)54(48)50/h1-35H. The molecule has 0 spiro atoms. The number of para-hydroxylation sites is 1. The summed E-state index contributed by atoms with van der Waals surface area (Å²) in [6.07, 6.45) is 0. The first-order chi connectivity index (χ1) is 30.7. The average molecular weight is 790 g/mol. The largest absolute Gasteiger partial charge is 0.309 e. The van der Waals surface area contributed by atoms with Gasteiger partial charge in [-0.3, -0.25) is 0 Å². The maximum atomic E-state index is 5.18. The Morgan fingerprint density at radius 3 is 1.58 bits per heavy atom. The molecular weight excluding hydrogens is 755 g/mol. The molecular formula is C57H35N5. The van der Waals surface area contributed by atoms with Gasteiger partial charge >= 0.3 is 0 Å². The van der Waals surface area contributed by atoms with Crippen molar-refractivity contribution in [1.82, 2.24) is 24.1 Å². The smallest absolute Gasteiger partial charge is 0.164 e. The van der Waals surface area contributed by atoms with Gasteiger partial charge in [-0.15, -0.1) is 0 Å². The predicted octanol–water partition coefficient (Wildman–Crippen LogP) is 14.5. The van der Waals surface area contributed by atoms with Crippen molar-refractivity contribution in [2.45, 2.75) is 0 Å². The molecule has 0 atom stereocenters. The zero-order valence-electron chi connectivity index (χ0n) is 33.4. The lowest BCUT2D eigenvalue weighted by atomic mass is 10.0. The monoisotopic (exact) mass is 789 g/mol. The van der Waals surface area contributed by atoms with Crippen molar-refractivity contribution in [2.75, 3.05) is 0 Å². The molecule has 0 saturated heterocycles. The van der Waals surface area contributed by atoms with Gasteiger partial charge in [0.1, 0.15) is 0 Å². The topological polar surface area (TPSA) is 48.5 Å². The van der Waals surface area contributed by atoms with E-state index in [1.165, 1.54) is 48.6 Å². The van der Waals surface area contributed by atoms with Gasteiger partial charge in [0.05, 0.1) is 27.8 Å². The molecule has 0 bridgehead atoms. The highest BCUT2D eigenvalue weighted by molar-refractivity contribution is 6.25. The summed E-state index contributed by atoms with van der Waals surface area (Å²) in [6, 6.07) is 75.9. The summed E-state index contributed by atoms with van der Waals surface area (Å²) in [5.41, 5.74) is 9.58. The zero-order valence-corrected chi connectivity index (χ0v) is 33.4. The van der Waals surface area contributed by atoms with Crippen LogP contribution in [0.15, 0.2) is 212 Å². The lowest BCUT2D eigenvalue weighted by Crippen LogP contribution is -2.02. The van der Waals surface area contributed by atoms with Crippen molar-refractivity contribution in [2.24, 2.45) is 0 Å².